The van der Waals surface area contributed by atoms with Gasteiger partial charge < -0.3 is 42.6 Å². The first-order valence-corrected chi connectivity index (χ1v) is 10.6. The summed E-state index contributed by atoms with van der Waals surface area (Å²) in [6, 6.07) is 13.5. The standard InChI is InChI=1S/C23H24N8O4/c24-5-6-27-21(33)17-9-12-7-15(1-3-16(12)31-17)30-22(34)19-10-13-8-14(2-4-18(13)35-19)29-20(32)11-28-23(25)26/h1-4,7-10,31H,5-6,11,24H2,(H,27,33)(H,29,32)(H,30,34)(H4,25,26,28). The maximum absolute atomic E-state index is 12.8. The number of H-pyrrole nitrogens is 1. The number of rotatable bonds is 8. The number of amides is 3. The van der Waals surface area contributed by atoms with Crippen LogP contribution in [-0.4, -0.2) is 48.3 Å². The molecule has 0 atom stereocenters. The van der Waals surface area contributed by atoms with E-state index < -0.39 is 5.91 Å². The van der Waals surface area contributed by atoms with E-state index in [2.05, 4.69) is 25.9 Å². The summed E-state index contributed by atoms with van der Waals surface area (Å²) in [6.45, 7) is 0.517. The number of aromatic amines is 1. The van der Waals surface area contributed by atoms with Gasteiger partial charge in [-0.1, -0.05) is 0 Å². The Labute approximate surface area is 198 Å². The van der Waals surface area contributed by atoms with Gasteiger partial charge in [-0.25, -0.2) is 4.99 Å². The molecule has 0 bridgehead atoms. The third kappa shape index (κ3) is 5.57. The molecule has 2 aromatic heterocycles. The number of fused-ring (bicyclic) bond motifs is 2. The van der Waals surface area contributed by atoms with Crippen LogP contribution in [0.3, 0.4) is 0 Å². The molecule has 4 rings (SSSR count). The quantitative estimate of drug-likeness (QED) is 0.145. The van der Waals surface area contributed by atoms with E-state index in [1.807, 2.05) is 0 Å². The molecular formula is C23H24N8O4. The minimum absolute atomic E-state index is 0.0972. The van der Waals surface area contributed by atoms with Gasteiger partial charge in [-0.05, 0) is 48.5 Å². The number of nitrogens with two attached hydrogens (primary N) is 3. The van der Waals surface area contributed by atoms with E-state index in [0.29, 0.717) is 41.1 Å². The highest BCUT2D eigenvalue weighted by atomic mass is 16.3. The molecule has 0 unspecified atom stereocenters. The van der Waals surface area contributed by atoms with Crippen LogP contribution >= 0.6 is 0 Å². The molecule has 12 heteroatoms. The van der Waals surface area contributed by atoms with Crippen molar-refractivity contribution < 1.29 is 18.8 Å². The maximum Gasteiger partial charge on any atom is 0.291 e. The van der Waals surface area contributed by atoms with Gasteiger partial charge in [-0.15, -0.1) is 0 Å². The number of nitrogens with zero attached hydrogens (tertiary/aromatic N) is 1. The Kier molecular flexibility index (Phi) is 6.64. The number of carbonyl (C=O) groups excluding carboxylic acids is 3. The van der Waals surface area contributed by atoms with Crippen LogP contribution in [0.15, 0.2) is 57.9 Å². The highest BCUT2D eigenvalue weighted by molar-refractivity contribution is 6.06. The van der Waals surface area contributed by atoms with Crippen molar-refractivity contribution in [2.24, 2.45) is 22.2 Å². The van der Waals surface area contributed by atoms with Crippen LogP contribution in [0.25, 0.3) is 21.9 Å². The molecule has 0 aliphatic rings. The lowest BCUT2D eigenvalue weighted by Gasteiger charge is -2.03. The topological polar surface area (TPSA) is 207 Å². The fourth-order valence-corrected chi connectivity index (χ4v) is 3.40. The summed E-state index contributed by atoms with van der Waals surface area (Å²) < 4.78 is 5.65. The first-order valence-electron chi connectivity index (χ1n) is 10.6. The summed E-state index contributed by atoms with van der Waals surface area (Å²) in [5.41, 5.74) is 18.5. The highest BCUT2D eigenvalue weighted by Crippen LogP contribution is 2.25. The summed E-state index contributed by atoms with van der Waals surface area (Å²) in [5.74, 6) is -1.17. The molecule has 180 valence electrons. The Balaban J connectivity index is 1.46. The van der Waals surface area contributed by atoms with Gasteiger partial charge in [0.2, 0.25) is 5.91 Å². The van der Waals surface area contributed by atoms with Crippen molar-refractivity contribution in [1.82, 2.24) is 10.3 Å². The molecule has 0 radical (unpaired) electrons. The largest absolute Gasteiger partial charge is 0.451 e. The van der Waals surface area contributed by atoms with Crippen LogP contribution < -0.4 is 33.2 Å². The fourth-order valence-electron chi connectivity index (χ4n) is 3.40. The van der Waals surface area contributed by atoms with E-state index in [1.54, 1.807) is 48.5 Å². The third-order valence-corrected chi connectivity index (χ3v) is 4.98. The first kappa shape index (κ1) is 23.3. The number of guanidine groups is 1. The van der Waals surface area contributed by atoms with E-state index in [4.69, 9.17) is 21.6 Å². The van der Waals surface area contributed by atoms with Crippen LogP contribution in [0.5, 0.6) is 0 Å². The number of aromatic nitrogens is 1. The molecule has 2 aromatic carbocycles. The molecule has 10 N–H and O–H groups in total. The summed E-state index contributed by atoms with van der Waals surface area (Å²) in [7, 11) is 0. The van der Waals surface area contributed by atoms with Gasteiger partial charge >= 0.3 is 0 Å². The van der Waals surface area contributed by atoms with Crippen LogP contribution in [0, 0.1) is 0 Å². The lowest BCUT2D eigenvalue weighted by atomic mass is 10.2. The predicted octanol–water partition coefficient (Wildman–Crippen LogP) is 1.07. The maximum atomic E-state index is 12.8. The van der Waals surface area contributed by atoms with Crippen molar-refractivity contribution in [2.75, 3.05) is 30.3 Å². The van der Waals surface area contributed by atoms with Gasteiger partial charge in [0.25, 0.3) is 11.8 Å². The molecule has 0 saturated heterocycles. The zero-order chi connectivity index (χ0) is 24.9. The average molecular weight is 476 g/mol. The van der Waals surface area contributed by atoms with Crippen molar-refractivity contribution in [3.63, 3.8) is 0 Å². The number of furan rings is 1. The Morgan fingerprint density at radius 3 is 2.43 bits per heavy atom. The Hall–Kier alpha value is -4.84. The van der Waals surface area contributed by atoms with Crippen LogP contribution in [0.4, 0.5) is 11.4 Å². The molecule has 0 aliphatic carbocycles. The Bertz CT molecular complexity index is 1450. The van der Waals surface area contributed by atoms with Gasteiger partial charge in [-0.2, -0.15) is 0 Å². The lowest BCUT2D eigenvalue weighted by molar-refractivity contribution is -0.114. The Morgan fingerprint density at radius 2 is 1.66 bits per heavy atom. The molecule has 3 amide bonds. The van der Waals surface area contributed by atoms with E-state index in [-0.39, 0.29) is 30.1 Å². The van der Waals surface area contributed by atoms with Gasteiger partial charge in [0.1, 0.15) is 17.8 Å². The zero-order valence-corrected chi connectivity index (χ0v) is 18.6. The number of aliphatic imine (C=N–C) groups is 1. The second-order valence-electron chi connectivity index (χ2n) is 7.64. The molecule has 0 fully saturated rings. The van der Waals surface area contributed by atoms with E-state index in [9.17, 15) is 14.4 Å². The summed E-state index contributed by atoms with van der Waals surface area (Å²) in [6.07, 6.45) is 0. The van der Waals surface area contributed by atoms with Crippen molar-refractivity contribution in [2.45, 2.75) is 0 Å². The fraction of sp³-hybridized carbons (Fsp3) is 0.130. The lowest BCUT2D eigenvalue weighted by Crippen LogP contribution is -2.29. The van der Waals surface area contributed by atoms with Crippen LogP contribution in [0.2, 0.25) is 0 Å². The minimum Gasteiger partial charge on any atom is -0.451 e. The normalized spacial score (nSPS) is 10.8. The monoisotopic (exact) mass is 476 g/mol. The average Bonchev–Trinajstić information content (AvgIpc) is 3.45. The Morgan fingerprint density at radius 1 is 0.914 bits per heavy atom. The minimum atomic E-state index is -0.449. The van der Waals surface area contributed by atoms with Gasteiger partial charge in [0.05, 0.1) is 0 Å². The van der Waals surface area contributed by atoms with Crippen molar-refractivity contribution in [1.29, 1.82) is 0 Å². The molecule has 0 spiro atoms. The number of benzene rings is 2. The molecule has 4 aromatic rings. The van der Waals surface area contributed by atoms with Crippen LogP contribution in [-0.2, 0) is 4.79 Å². The number of anilines is 2. The third-order valence-electron chi connectivity index (χ3n) is 4.98. The number of nitrogens with one attached hydrogen (secondary N) is 4. The van der Waals surface area contributed by atoms with Crippen molar-refractivity contribution in [3.8, 4) is 0 Å². The first-order chi connectivity index (χ1) is 16.8. The summed E-state index contributed by atoms with van der Waals surface area (Å²) >= 11 is 0. The molecule has 0 saturated carbocycles. The zero-order valence-electron chi connectivity index (χ0n) is 18.6. The van der Waals surface area contributed by atoms with E-state index in [0.717, 1.165) is 10.9 Å². The second-order valence-corrected chi connectivity index (χ2v) is 7.64. The number of hydrogen-bond donors (Lipinski definition) is 7. The molecular weight excluding hydrogens is 452 g/mol. The summed E-state index contributed by atoms with van der Waals surface area (Å²) in [5, 5.41) is 9.54. The molecule has 0 aliphatic heterocycles. The van der Waals surface area contributed by atoms with E-state index in [1.165, 1.54) is 0 Å². The van der Waals surface area contributed by atoms with Crippen molar-refractivity contribution in [3.05, 3.63) is 60.0 Å². The molecule has 35 heavy (non-hydrogen) atoms. The van der Waals surface area contributed by atoms with Gasteiger partial charge in [0.15, 0.2) is 11.7 Å². The molecule has 2 heterocycles. The SMILES string of the molecule is NCCNC(=O)c1cc2cc(NC(=O)c3cc4cc(NC(=O)CN=C(N)N)ccc4o3)ccc2[nH]1. The number of hydrogen-bond acceptors (Lipinski definition) is 6. The number of carbonyl (C=O) groups is 3. The van der Waals surface area contributed by atoms with Crippen molar-refractivity contribution >= 4 is 56.9 Å². The molecule has 12 nitrogen and oxygen atoms in total. The van der Waals surface area contributed by atoms with Crippen LogP contribution in [0.1, 0.15) is 21.0 Å². The highest BCUT2D eigenvalue weighted by Gasteiger charge is 2.15. The van der Waals surface area contributed by atoms with Gasteiger partial charge in [0, 0.05) is 40.8 Å². The predicted molar refractivity (Wildman–Crippen MR) is 133 cm³/mol. The van der Waals surface area contributed by atoms with Gasteiger partial charge in [-0.3, -0.25) is 14.4 Å². The summed E-state index contributed by atoms with van der Waals surface area (Å²) in [4.78, 5) is 43.5. The second kappa shape index (κ2) is 9.97. The van der Waals surface area contributed by atoms with E-state index >= 15 is 0 Å². The smallest absolute Gasteiger partial charge is 0.291 e.